The van der Waals surface area contributed by atoms with Gasteiger partial charge >= 0.3 is 0 Å². The Morgan fingerprint density at radius 3 is 2.31 bits per heavy atom. The number of amides is 2. The minimum absolute atomic E-state index is 0.0269. The lowest BCUT2D eigenvalue weighted by Gasteiger charge is -2.32. The van der Waals surface area contributed by atoms with E-state index in [9.17, 15) is 9.59 Å². The van der Waals surface area contributed by atoms with Crippen molar-refractivity contribution in [2.24, 2.45) is 11.7 Å². The van der Waals surface area contributed by atoms with Crippen LogP contribution >= 0.6 is 11.3 Å². The van der Waals surface area contributed by atoms with E-state index in [1.165, 1.54) is 16.9 Å². The van der Waals surface area contributed by atoms with Crippen molar-refractivity contribution in [1.29, 1.82) is 0 Å². The lowest BCUT2D eigenvalue weighted by atomic mass is 9.96. The lowest BCUT2D eigenvalue weighted by Crippen LogP contribution is -2.38. The van der Waals surface area contributed by atoms with E-state index in [4.69, 9.17) is 5.73 Å². The van der Waals surface area contributed by atoms with Gasteiger partial charge in [-0.25, -0.2) is 4.98 Å². The van der Waals surface area contributed by atoms with Crippen LogP contribution < -0.4 is 16.0 Å². The van der Waals surface area contributed by atoms with Gasteiger partial charge in [-0.3, -0.25) is 9.59 Å². The summed E-state index contributed by atoms with van der Waals surface area (Å²) in [5.41, 5.74) is 9.92. The van der Waals surface area contributed by atoms with Crippen LogP contribution in [0, 0.1) is 5.92 Å². The molecule has 0 spiro atoms. The van der Waals surface area contributed by atoms with Gasteiger partial charge in [-0.1, -0.05) is 38.1 Å². The molecule has 1 fully saturated rings. The Labute approximate surface area is 192 Å². The molecule has 3 N–H and O–H groups in total. The molecule has 0 saturated carbocycles. The normalized spacial score (nSPS) is 14.5. The summed E-state index contributed by atoms with van der Waals surface area (Å²) in [6, 6.07) is 16.1. The highest BCUT2D eigenvalue weighted by molar-refractivity contribution is 7.13. The third kappa shape index (κ3) is 4.99. The number of piperidine rings is 1. The Bertz CT molecular complexity index is 1080. The summed E-state index contributed by atoms with van der Waals surface area (Å²) in [5, 5.41) is 5.55. The number of nitrogens with zero attached hydrogens (tertiary/aromatic N) is 2. The molecule has 32 heavy (non-hydrogen) atoms. The molecule has 0 bridgehead atoms. The monoisotopic (exact) mass is 448 g/mol. The largest absolute Gasteiger partial charge is 0.371 e. The zero-order valence-electron chi connectivity index (χ0n) is 18.4. The molecule has 3 aromatic rings. The first-order valence-corrected chi connectivity index (χ1v) is 11.8. The molecular formula is C25H28N4O2S. The van der Waals surface area contributed by atoms with Gasteiger partial charge < -0.3 is 16.0 Å². The molecule has 2 amide bonds. The van der Waals surface area contributed by atoms with Crippen LogP contribution in [-0.2, 0) is 4.79 Å². The SMILES string of the molecule is CC(C)c1ccc(-c2nc(C(=O)Nc3ccc(N4CCC(C(N)=O)CC4)cc3)cs2)cc1. The summed E-state index contributed by atoms with van der Waals surface area (Å²) in [6.07, 6.45) is 1.56. The minimum atomic E-state index is -0.221. The van der Waals surface area contributed by atoms with Crippen LogP contribution in [0.4, 0.5) is 11.4 Å². The average molecular weight is 449 g/mol. The number of aromatic nitrogens is 1. The van der Waals surface area contributed by atoms with E-state index in [-0.39, 0.29) is 17.7 Å². The third-order valence-electron chi connectivity index (χ3n) is 5.95. The quantitative estimate of drug-likeness (QED) is 0.562. The predicted octanol–water partition coefficient (Wildman–Crippen LogP) is 4.89. The number of anilines is 2. The van der Waals surface area contributed by atoms with Crippen molar-refractivity contribution >= 4 is 34.5 Å². The lowest BCUT2D eigenvalue weighted by molar-refractivity contribution is -0.122. The van der Waals surface area contributed by atoms with Crippen LogP contribution in [0.1, 0.15) is 48.7 Å². The average Bonchev–Trinajstić information content (AvgIpc) is 3.30. The Morgan fingerprint density at radius 1 is 1.06 bits per heavy atom. The Hall–Kier alpha value is -3.19. The van der Waals surface area contributed by atoms with Gasteiger partial charge in [0, 0.05) is 41.3 Å². The molecule has 166 valence electrons. The highest BCUT2D eigenvalue weighted by Crippen LogP contribution is 2.27. The Morgan fingerprint density at radius 2 is 1.72 bits per heavy atom. The molecule has 0 unspecified atom stereocenters. The van der Waals surface area contributed by atoms with Crippen LogP contribution in [-0.4, -0.2) is 29.9 Å². The number of primary amides is 1. The van der Waals surface area contributed by atoms with Gasteiger partial charge in [0.1, 0.15) is 10.7 Å². The standard InChI is InChI=1S/C25H28N4O2S/c1-16(2)17-3-5-19(6-4-17)25-28-22(15-32-25)24(31)27-20-7-9-21(10-8-20)29-13-11-18(12-14-29)23(26)30/h3-10,15-16,18H,11-14H2,1-2H3,(H2,26,30)(H,27,31). The van der Waals surface area contributed by atoms with Crippen LogP contribution in [0.3, 0.4) is 0 Å². The second kappa shape index (κ2) is 9.53. The fourth-order valence-corrected chi connectivity index (χ4v) is 4.70. The summed E-state index contributed by atoms with van der Waals surface area (Å²) in [7, 11) is 0. The highest BCUT2D eigenvalue weighted by atomic mass is 32.1. The van der Waals surface area contributed by atoms with E-state index in [0.717, 1.165) is 47.9 Å². The molecule has 6 nitrogen and oxygen atoms in total. The van der Waals surface area contributed by atoms with Crippen LogP contribution in [0.2, 0.25) is 0 Å². The van der Waals surface area contributed by atoms with Crippen LogP contribution in [0.15, 0.2) is 53.9 Å². The molecule has 2 heterocycles. The third-order valence-corrected chi connectivity index (χ3v) is 6.84. The second-order valence-corrected chi connectivity index (χ2v) is 9.34. The molecule has 1 aromatic heterocycles. The van der Waals surface area contributed by atoms with E-state index >= 15 is 0 Å². The number of thiazole rings is 1. The molecule has 0 aliphatic carbocycles. The molecule has 7 heteroatoms. The maximum absolute atomic E-state index is 12.7. The topological polar surface area (TPSA) is 88.3 Å². The molecule has 1 aliphatic rings. The Balaban J connectivity index is 1.37. The number of rotatable bonds is 6. The zero-order valence-corrected chi connectivity index (χ0v) is 19.2. The van der Waals surface area contributed by atoms with E-state index in [0.29, 0.717) is 11.6 Å². The summed E-state index contributed by atoms with van der Waals surface area (Å²) in [5.74, 6) is 0.0257. The van der Waals surface area contributed by atoms with E-state index in [2.05, 4.69) is 53.3 Å². The maximum Gasteiger partial charge on any atom is 0.275 e. The van der Waals surface area contributed by atoms with Crippen molar-refractivity contribution in [1.82, 2.24) is 4.98 Å². The smallest absolute Gasteiger partial charge is 0.275 e. The van der Waals surface area contributed by atoms with Crippen LogP contribution in [0.25, 0.3) is 10.6 Å². The van der Waals surface area contributed by atoms with Gasteiger partial charge in [0.25, 0.3) is 5.91 Å². The van der Waals surface area contributed by atoms with E-state index < -0.39 is 0 Å². The van der Waals surface area contributed by atoms with Gasteiger partial charge in [-0.2, -0.15) is 0 Å². The van der Waals surface area contributed by atoms with Gasteiger partial charge in [0.2, 0.25) is 5.91 Å². The van der Waals surface area contributed by atoms with Crippen molar-refractivity contribution < 1.29 is 9.59 Å². The van der Waals surface area contributed by atoms with Crippen molar-refractivity contribution in [2.45, 2.75) is 32.6 Å². The fraction of sp³-hybridized carbons (Fsp3) is 0.320. The number of benzene rings is 2. The first-order chi connectivity index (χ1) is 15.4. The summed E-state index contributed by atoms with van der Waals surface area (Å²) >= 11 is 1.47. The molecule has 0 radical (unpaired) electrons. The summed E-state index contributed by atoms with van der Waals surface area (Å²) < 4.78 is 0. The number of carbonyl (C=O) groups excluding carboxylic acids is 2. The molecule has 1 saturated heterocycles. The van der Waals surface area contributed by atoms with Gasteiger partial charge in [-0.05, 0) is 48.6 Å². The number of nitrogens with two attached hydrogens (primary N) is 1. The number of nitrogens with one attached hydrogen (secondary N) is 1. The van der Waals surface area contributed by atoms with Crippen molar-refractivity contribution in [3.63, 3.8) is 0 Å². The molecule has 0 atom stereocenters. The number of hydrogen-bond donors (Lipinski definition) is 2. The number of carbonyl (C=O) groups is 2. The van der Waals surface area contributed by atoms with Gasteiger partial charge in [0.05, 0.1) is 0 Å². The van der Waals surface area contributed by atoms with E-state index in [1.54, 1.807) is 5.38 Å². The summed E-state index contributed by atoms with van der Waals surface area (Å²) in [6.45, 7) is 5.94. The summed E-state index contributed by atoms with van der Waals surface area (Å²) in [4.78, 5) is 30.8. The number of hydrogen-bond acceptors (Lipinski definition) is 5. The second-order valence-electron chi connectivity index (χ2n) is 8.48. The van der Waals surface area contributed by atoms with E-state index in [1.807, 2.05) is 24.3 Å². The van der Waals surface area contributed by atoms with Crippen molar-refractivity contribution in [3.05, 3.63) is 65.2 Å². The minimum Gasteiger partial charge on any atom is -0.371 e. The molecule has 4 rings (SSSR count). The predicted molar refractivity (Wildman–Crippen MR) is 130 cm³/mol. The molecule has 1 aliphatic heterocycles. The molecule has 2 aromatic carbocycles. The highest BCUT2D eigenvalue weighted by Gasteiger charge is 2.23. The zero-order chi connectivity index (χ0) is 22.7. The van der Waals surface area contributed by atoms with Gasteiger partial charge in [0.15, 0.2) is 0 Å². The van der Waals surface area contributed by atoms with Crippen molar-refractivity contribution in [3.8, 4) is 10.6 Å². The molecular weight excluding hydrogens is 420 g/mol. The van der Waals surface area contributed by atoms with Gasteiger partial charge in [-0.15, -0.1) is 11.3 Å². The van der Waals surface area contributed by atoms with Crippen LogP contribution in [0.5, 0.6) is 0 Å². The first-order valence-electron chi connectivity index (χ1n) is 10.9. The maximum atomic E-state index is 12.7. The Kier molecular flexibility index (Phi) is 6.55. The first kappa shape index (κ1) is 22.0. The van der Waals surface area contributed by atoms with Crippen molar-refractivity contribution in [2.75, 3.05) is 23.3 Å². The fourth-order valence-electron chi connectivity index (χ4n) is 3.89.